The Hall–Kier alpha value is -9.91. The first kappa shape index (κ1) is 114. The van der Waals surface area contributed by atoms with E-state index in [1.165, 1.54) is 19.6 Å². The minimum absolute atomic E-state index is 0. The summed E-state index contributed by atoms with van der Waals surface area (Å²) in [6, 6.07) is 34.7. The van der Waals surface area contributed by atoms with Crippen LogP contribution in [0.4, 0.5) is 4.39 Å². The second-order valence-corrected chi connectivity index (χ2v) is 40.4. The number of pyridine rings is 5. The number of aromatic nitrogens is 12. The Morgan fingerprint density at radius 1 is 0.367 bits per heavy atom. The standard InChI is InChI=1S/C29H32ClN3O2.C28H31ClN4O2.C27H30ClN3O3.C25H30ClFN2O2.4H2S/c1-17-19(3)33(16-21-9-8-14-31-15-21)28-24(17)26(22-10-12-23(30)13-11-22)25(18(2)32-28)27(20(4)34)35-29(5,6)7;1-16-18(3)33(14-20-12-30-15-31-13-20)27-23(16)25(21-8-10-22(29)11-9-21)24(17(2)32-27)26(19(4)34)35-28(5,6)7;1-15-17(3)31(12-21-13-33-14-29-21)26-22(15)24(19-8-10-20(28)11-9-19)23(16(2)30-26)25(18(4)32)34-27(5,6)7;1-14-16(3)29(13-12-27)24-20(14)22(18-8-10-19(26)11-9-18)21(15(2)28-24)23(17(4)30)31-25(5,6)7;;;;/h8-15,27H,16H2,1-7H3;8-13,15,26H,14H2,1-7H3;8-11,13-14,25H,12H2,1-7H3;8-11,23H,12-13H2,1-7H3;4*1H2/t27-;26-;25-;23-;;;;/m1111..../s1. The van der Waals surface area contributed by atoms with Gasteiger partial charge in [0.1, 0.15) is 66.3 Å². The van der Waals surface area contributed by atoms with Crippen molar-refractivity contribution < 1.29 is 46.9 Å². The van der Waals surface area contributed by atoms with Gasteiger partial charge >= 0.3 is 0 Å². The second-order valence-electron chi connectivity index (χ2n) is 38.7. The summed E-state index contributed by atoms with van der Waals surface area (Å²) in [5.41, 5.74) is 26.4. The number of fused-ring (bicyclic) bond motifs is 4. The van der Waals surface area contributed by atoms with Crippen LogP contribution < -0.4 is 0 Å². The molecule has 0 amide bonds. The number of alkyl halides is 1. The van der Waals surface area contributed by atoms with Crippen molar-refractivity contribution in [3.8, 4) is 44.5 Å². The molecule has 740 valence electrons. The third kappa shape index (κ3) is 26.0. The highest BCUT2D eigenvalue weighted by atomic mass is 35.5. The lowest BCUT2D eigenvalue weighted by Gasteiger charge is -2.29. The molecule has 0 N–H and O–H groups in total. The van der Waals surface area contributed by atoms with E-state index in [4.69, 9.17) is 89.7 Å². The van der Waals surface area contributed by atoms with Gasteiger partial charge in [-0.05, 0) is 299 Å². The van der Waals surface area contributed by atoms with Crippen LogP contribution in [-0.4, -0.2) is 110 Å². The second kappa shape index (κ2) is 46.9. The van der Waals surface area contributed by atoms with Crippen LogP contribution in [-0.2, 0) is 64.3 Å². The molecular formula is C109H131Cl4FN12O9S4. The van der Waals surface area contributed by atoms with Crippen LogP contribution in [0.5, 0.6) is 0 Å². The van der Waals surface area contributed by atoms with Crippen LogP contribution in [0, 0.1) is 83.1 Å². The minimum Gasteiger partial charge on any atom is -0.451 e. The molecule has 0 saturated heterocycles. The minimum atomic E-state index is -0.771. The molecule has 0 aliphatic heterocycles. The maximum absolute atomic E-state index is 13.3. The topological polar surface area (TPSA) is 241 Å². The Bertz CT molecular complexity index is 6710. The molecule has 30 heteroatoms. The van der Waals surface area contributed by atoms with E-state index < -0.39 is 53.5 Å². The third-order valence-electron chi connectivity index (χ3n) is 24.0. The smallest absolute Gasteiger partial charge is 0.180 e. The Kier molecular flexibility index (Phi) is 38.6. The van der Waals surface area contributed by atoms with Gasteiger partial charge in [-0.1, -0.05) is 101 Å². The van der Waals surface area contributed by atoms with Crippen LogP contribution >= 0.6 is 100 Å². The van der Waals surface area contributed by atoms with Crippen molar-refractivity contribution >= 4 is 168 Å². The largest absolute Gasteiger partial charge is 0.451 e. The Morgan fingerprint density at radius 2 is 0.626 bits per heavy atom. The van der Waals surface area contributed by atoms with Gasteiger partial charge < -0.3 is 41.6 Å². The van der Waals surface area contributed by atoms with E-state index in [9.17, 15) is 23.6 Å². The van der Waals surface area contributed by atoms with E-state index in [1.807, 2.05) is 251 Å². The zero-order valence-electron chi connectivity index (χ0n) is 84.7. The predicted octanol–water partition coefficient (Wildman–Crippen LogP) is 27.6. The van der Waals surface area contributed by atoms with Crippen LogP contribution in [0.1, 0.15) is 242 Å². The average Bonchev–Trinajstić information content (AvgIpc) is 1.61. The molecule has 0 aliphatic rings. The van der Waals surface area contributed by atoms with Gasteiger partial charge in [0.2, 0.25) is 0 Å². The highest BCUT2D eigenvalue weighted by Crippen LogP contribution is 2.49. The van der Waals surface area contributed by atoms with Gasteiger partial charge in [0.15, 0.2) is 29.5 Å². The molecule has 15 rings (SSSR count). The van der Waals surface area contributed by atoms with Gasteiger partial charge in [-0.25, -0.2) is 39.3 Å². The van der Waals surface area contributed by atoms with Gasteiger partial charge in [-0.2, -0.15) is 54.0 Å². The van der Waals surface area contributed by atoms with Crippen LogP contribution in [0.3, 0.4) is 0 Å². The van der Waals surface area contributed by atoms with Crippen molar-refractivity contribution in [3.63, 3.8) is 0 Å². The van der Waals surface area contributed by atoms with E-state index in [2.05, 4.69) is 81.2 Å². The fourth-order valence-corrected chi connectivity index (χ4v) is 18.1. The van der Waals surface area contributed by atoms with Gasteiger partial charge in [-0.15, -0.1) is 0 Å². The lowest BCUT2D eigenvalue weighted by molar-refractivity contribution is -0.139. The first-order valence-corrected chi connectivity index (χ1v) is 46.7. The molecule has 4 aromatic carbocycles. The Balaban J connectivity index is 0.000000225. The normalized spacial score (nSPS) is 12.5. The quantitative estimate of drug-likeness (QED) is 0.0546. The summed E-state index contributed by atoms with van der Waals surface area (Å²) >= 11 is 24.8. The van der Waals surface area contributed by atoms with Crippen LogP contribution in [0.2, 0.25) is 20.1 Å². The van der Waals surface area contributed by atoms with E-state index in [1.54, 1.807) is 33.2 Å². The van der Waals surface area contributed by atoms with Gasteiger partial charge in [-0.3, -0.25) is 24.2 Å². The molecule has 0 aliphatic carbocycles. The number of hydrogen-bond acceptors (Lipinski definition) is 17. The van der Waals surface area contributed by atoms with Crippen LogP contribution in [0.15, 0.2) is 157 Å². The summed E-state index contributed by atoms with van der Waals surface area (Å²) in [7, 11) is 0. The number of halogens is 5. The molecule has 21 nitrogen and oxygen atoms in total. The van der Waals surface area contributed by atoms with Gasteiger partial charge in [0.25, 0.3) is 0 Å². The Labute approximate surface area is 864 Å². The SMILES string of the molecule is CC(=O)[C@@H](OC(C)(C)C)c1c(C)nc2c(c(C)c(C)n2CCF)c1-c1ccc(Cl)cc1.CC(=O)[C@@H](OC(C)(C)C)c1c(C)nc2c(c(C)c(C)n2Cc2cccnc2)c1-c1ccc(Cl)cc1.CC(=O)[C@@H](OC(C)(C)C)c1c(C)nc2c(c(C)c(C)n2Cc2cncnc2)c1-c1ccc(Cl)cc1.CC(=O)[C@@H](OC(C)(C)C)c1c(C)nc2c(c(C)c(C)n2Cc2cocn2)c1-c1ccc(Cl)cc1.S.S.S.S. The lowest BCUT2D eigenvalue weighted by atomic mass is 9.90. The number of aryl methyl sites for hydroxylation is 9. The van der Waals surface area contributed by atoms with E-state index >= 15 is 0 Å². The highest BCUT2D eigenvalue weighted by molar-refractivity contribution is 7.59. The van der Waals surface area contributed by atoms with Crippen molar-refractivity contribution in [2.45, 2.75) is 267 Å². The molecule has 0 saturated carbocycles. The van der Waals surface area contributed by atoms with Crippen LogP contribution in [0.25, 0.3) is 88.6 Å². The molecule has 0 fully saturated rings. The number of carbonyl (C=O) groups excluding carboxylic acids is 4. The monoisotopic (exact) mass is 2040 g/mol. The number of oxazole rings is 1. The van der Waals surface area contributed by atoms with Crippen molar-refractivity contribution in [1.82, 2.24) is 58.1 Å². The molecule has 15 aromatic rings. The molecule has 139 heavy (non-hydrogen) atoms. The summed E-state index contributed by atoms with van der Waals surface area (Å²) in [5.74, 6) is -0.268. The number of benzene rings is 4. The lowest BCUT2D eigenvalue weighted by Crippen LogP contribution is -2.27. The fraction of sp³-hybridized carbons (Fsp3) is 0.376. The maximum atomic E-state index is 13.3. The van der Waals surface area contributed by atoms with E-state index in [0.717, 1.165) is 190 Å². The summed E-state index contributed by atoms with van der Waals surface area (Å²) in [5, 5.41) is 6.53. The Morgan fingerprint density at radius 3 is 0.871 bits per heavy atom. The number of hydrogen-bond donors (Lipinski definition) is 0. The first-order valence-electron chi connectivity index (χ1n) is 45.2. The molecule has 4 atom stereocenters. The molecule has 0 bridgehead atoms. The number of carbonyl (C=O) groups is 4. The summed E-state index contributed by atoms with van der Waals surface area (Å²) in [6.45, 7) is 55.5. The number of ether oxygens (including phenoxy) is 4. The number of rotatable bonds is 24. The first-order chi connectivity index (χ1) is 63.4. The van der Waals surface area contributed by atoms with Gasteiger partial charge in [0.05, 0.1) is 54.3 Å². The van der Waals surface area contributed by atoms with Gasteiger partial charge in [0, 0.05) is 162 Å². The molecule has 11 heterocycles. The zero-order valence-corrected chi connectivity index (χ0v) is 91.7. The van der Waals surface area contributed by atoms with Crippen molar-refractivity contribution in [1.29, 1.82) is 0 Å². The summed E-state index contributed by atoms with van der Waals surface area (Å²) in [4.78, 5) is 88.5. The number of nitrogens with zero attached hydrogens (tertiary/aromatic N) is 12. The van der Waals surface area contributed by atoms with E-state index in [-0.39, 0.29) is 83.7 Å². The van der Waals surface area contributed by atoms with Crippen molar-refractivity contribution in [2.24, 2.45) is 0 Å². The molecular weight excluding hydrogens is 1910 g/mol. The summed E-state index contributed by atoms with van der Waals surface area (Å²) in [6.07, 6.45) is 8.89. The zero-order chi connectivity index (χ0) is 98.9. The maximum Gasteiger partial charge on any atom is 0.180 e. The number of Topliss-reactive ketones (excluding diaryl/α,β-unsaturated/α-hetero) is 4. The molecule has 11 aromatic heterocycles. The third-order valence-corrected chi connectivity index (χ3v) is 25.0. The number of ketones is 4. The average molecular weight is 2040 g/mol. The van der Waals surface area contributed by atoms with Crippen molar-refractivity contribution in [2.75, 3.05) is 6.67 Å². The molecule has 0 unspecified atom stereocenters. The summed E-state index contributed by atoms with van der Waals surface area (Å²) < 4.78 is 52.2. The molecule has 0 radical (unpaired) electrons. The fourth-order valence-electron chi connectivity index (χ4n) is 17.6. The predicted molar refractivity (Wildman–Crippen MR) is 582 cm³/mol. The van der Waals surface area contributed by atoms with Crippen molar-refractivity contribution in [3.05, 3.63) is 280 Å². The molecule has 0 spiro atoms. The van der Waals surface area contributed by atoms with E-state index in [0.29, 0.717) is 45.4 Å². The highest BCUT2D eigenvalue weighted by Gasteiger charge is 2.38.